The molecule has 0 saturated carbocycles. The molecular weight excluding hydrogens is 451 g/mol. The first-order valence-corrected chi connectivity index (χ1v) is 12.3. The molecule has 0 aliphatic heterocycles. The van der Waals surface area contributed by atoms with E-state index in [2.05, 4.69) is 24.4 Å². The first-order chi connectivity index (χ1) is 14.7. The molecule has 2 atom stereocenters. The van der Waals surface area contributed by atoms with Gasteiger partial charge in [-0.05, 0) is 50.5 Å². The van der Waals surface area contributed by atoms with Crippen LogP contribution in [-0.2, 0) is 21.9 Å². The number of aryl methyl sites for hydroxylation is 1. The van der Waals surface area contributed by atoms with Gasteiger partial charge < -0.3 is 10.2 Å². The Labute approximate surface area is 199 Å². The molecule has 7 heteroatoms. The van der Waals surface area contributed by atoms with Gasteiger partial charge >= 0.3 is 0 Å². The summed E-state index contributed by atoms with van der Waals surface area (Å²) >= 11 is 14.2. The first kappa shape index (κ1) is 25.6. The molecule has 2 rings (SSSR count). The van der Waals surface area contributed by atoms with Gasteiger partial charge in [0.1, 0.15) is 6.04 Å². The van der Waals surface area contributed by atoms with E-state index in [0.29, 0.717) is 15.6 Å². The van der Waals surface area contributed by atoms with Crippen LogP contribution >= 0.6 is 35.0 Å². The second-order valence-electron chi connectivity index (χ2n) is 7.63. The molecule has 0 spiro atoms. The maximum Gasteiger partial charge on any atom is 0.242 e. The van der Waals surface area contributed by atoms with Crippen LogP contribution < -0.4 is 5.32 Å². The Balaban J connectivity index is 2.16. The molecule has 0 radical (unpaired) electrons. The molecule has 168 valence electrons. The van der Waals surface area contributed by atoms with E-state index in [1.807, 2.05) is 26.0 Å². The lowest BCUT2D eigenvalue weighted by Gasteiger charge is -2.30. The molecule has 0 unspecified atom stereocenters. The van der Waals surface area contributed by atoms with Crippen LogP contribution in [0.4, 0.5) is 0 Å². The molecule has 2 aromatic carbocycles. The third-order valence-corrected chi connectivity index (χ3v) is 6.98. The third kappa shape index (κ3) is 7.44. The molecule has 2 aromatic rings. The van der Waals surface area contributed by atoms with E-state index >= 15 is 0 Å². The van der Waals surface area contributed by atoms with Crippen molar-refractivity contribution < 1.29 is 9.59 Å². The molecule has 1 N–H and O–H groups in total. The van der Waals surface area contributed by atoms with E-state index in [1.54, 1.807) is 30.0 Å². The van der Waals surface area contributed by atoms with Crippen molar-refractivity contribution >= 4 is 46.8 Å². The molecule has 0 bridgehead atoms. The standard InChI is InChI=1S/C24H30Cl2N2O2S/c1-5-17(3)27-24(30)18(4)28(13-20-21(25)11-8-12-22(20)26)23(29)15-31-14-19-10-7-6-9-16(19)2/h6-12,17-18H,5,13-15H2,1-4H3,(H,27,30)/t17-,18-/m0/s1. The molecule has 0 aliphatic carbocycles. The van der Waals surface area contributed by atoms with Gasteiger partial charge in [-0.15, -0.1) is 11.8 Å². The highest BCUT2D eigenvalue weighted by molar-refractivity contribution is 7.99. The van der Waals surface area contributed by atoms with Gasteiger partial charge in [-0.2, -0.15) is 0 Å². The van der Waals surface area contributed by atoms with Crippen LogP contribution in [-0.4, -0.2) is 34.6 Å². The van der Waals surface area contributed by atoms with E-state index in [1.165, 1.54) is 22.9 Å². The summed E-state index contributed by atoms with van der Waals surface area (Å²) in [6.45, 7) is 7.93. The largest absolute Gasteiger partial charge is 0.352 e. The number of nitrogens with one attached hydrogen (secondary N) is 1. The van der Waals surface area contributed by atoms with Gasteiger partial charge in [-0.25, -0.2) is 0 Å². The topological polar surface area (TPSA) is 49.4 Å². The molecule has 0 aliphatic rings. The average Bonchev–Trinajstić information content (AvgIpc) is 2.74. The van der Waals surface area contributed by atoms with Crippen molar-refractivity contribution in [1.29, 1.82) is 0 Å². The Kier molecular flexibility index (Phi) is 10.2. The number of rotatable bonds is 10. The highest BCUT2D eigenvalue weighted by Crippen LogP contribution is 2.27. The minimum absolute atomic E-state index is 0.0336. The lowest BCUT2D eigenvalue weighted by Crippen LogP contribution is -2.50. The van der Waals surface area contributed by atoms with Gasteiger partial charge in [0.25, 0.3) is 0 Å². The SMILES string of the molecule is CC[C@H](C)NC(=O)[C@H](C)N(Cc1c(Cl)cccc1Cl)C(=O)CSCc1ccccc1C. The van der Waals surface area contributed by atoms with E-state index in [4.69, 9.17) is 23.2 Å². The summed E-state index contributed by atoms with van der Waals surface area (Å²) in [6.07, 6.45) is 0.815. The molecular formula is C24H30Cl2N2O2S. The average molecular weight is 481 g/mol. The molecule has 31 heavy (non-hydrogen) atoms. The van der Waals surface area contributed by atoms with Crippen molar-refractivity contribution in [2.24, 2.45) is 0 Å². The fraction of sp³-hybridized carbons (Fsp3) is 0.417. The Morgan fingerprint density at radius 2 is 1.71 bits per heavy atom. The van der Waals surface area contributed by atoms with E-state index in [-0.39, 0.29) is 30.2 Å². The summed E-state index contributed by atoms with van der Waals surface area (Å²) in [5.74, 6) is 0.681. The maximum absolute atomic E-state index is 13.2. The van der Waals surface area contributed by atoms with Gasteiger partial charge in [0.05, 0.1) is 5.75 Å². The number of halogens is 2. The zero-order valence-corrected chi connectivity index (χ0v) is 20.8. The number of hydrogen-bond acceptors (Lipinski definition) is 3. The van der Waals surface area contributed by atoms with E-state index < -0.39 is 6.04 Å². The normalized spacial score (nSPS) is 12.8. The summed E-state index contributed by atoms with van der Waals surface area (Å²) in [5, 5.41) is 3.92. The fourth-order valence-electron chi connectivity index (χ4n) is 3.01. The molecule has 0 heterocycles. The van der Waals surface area contributed by atoms with Crippen LogP contribution in [0, 0.1) is 6.92 Å². The number of amides is 2. The van der Waals surface area contributed by atoms with Gasteiger partial charge in [0.15, 0.2) is 0 Å². The maximum atomic E-state index is 13.2. The molecule has 0 fully saturated rings. The number of nitrogens with zero attached hydrogens (tertiary/aromatic N) is 1. The zero-order chi connectivity index (χ0) is 23.0. The summed E-state index contributed by atoms with van der Waals surface area (Å²) in [7, 11) is 0. The number of hydrogen-bond donors (Lipinski definition) is 1. The predicted molar refractivity (Wildman–Crippen MR) is 132 cm³/mol. The number of benzene rings is 2. The number of thioether (sulfide) groups is 1. The Morgan fingerprint density at radius 3 is 2.32 bits per heavy atom. The van der Waals surface area contributed by atoms with Gasteiger partial charge in [-0.1, -0.05) is 60.5 Å². The van der Waals surface area contributed by atoms with Gasteiger partial charge in [0, 0.05) is 33.9 Å². The smallest absolute Gasteiger partial charge is 0.242 e. The van der Waals surface area contributed by atoms with Crippen LogP contribution in [0.2, 0.25) is 10.0 Å². The van der Waals surface area contributed by atoms with E-state index in [0.717, 1.165) is 12.2 Å². The summed E-state index contributed by atoms with van der Waals surface area (Å²) in [4.78, 5) is 27.5. The summed E-state index contributed by atoms with van der Waals surface area (Å²) in [5.41, 5.74) is 3.04. The van der Waals surface area contributed by atoms with Crippen molar-refractivity contribution in [1.82, 2.24) is 10.2 Å². The first-order valence-electron chi connectivity index (χ1n) is 10.4. The van der Waals surface area contributed by atoms with Crippen molar-refractivity contribution in [3.05, 3.63) is 69.2 Å². The highest BCUT2D eigenvalue weighted by atomic mass is 35.5. The second kappa shape index (κ2) is 12.4. The third-order valence-electron chi connectivity index (χ3n) is 5.30. The van der Waals surface area contributed by atoms with Crippen LogP contribution in [0.1, 0.15) is 43.9 Å². The van der Waals surface area contributed by atoms with Crippen molar-refractivity contribution in [2.45, 2.75) is 58.5 Å². The van der Waals surface area contributed by atoms with E-state index in [9.17, 15) is 9.59 Å². The van der Waals surface area contributed by atoms with Crippen LogP contribution in [0.15, 0.2) is 42.5 Å². The molecule has 4 nitrogen and oxygen atoms in total. The Bertz CT molecular complexity index is 887. The number of carbonyl (C=O) groups is 2. The minimum atomic E-state index is -0.645. The Hall–Kier alpha value is -1.69. The fourth-order valence-corrected chi connectivity index (χ4v) is 4.51. The van der Waals surface area contributed by atoms with Crippen molar-refractivity contribution in [3.63, 3.8) is 0 Å². The quantitative estimate of drug-likeness (QED) is 0.462. The Morgan fingerprint density at radius 1 is 1.06 bits per heavy atom. The van der Waals surface area contributed by atoms with Crippen molar-refractivity contribution in [3.8, 4) is 0 Å². The van der Waals surface area contributed by atoms with Crippen LogP contribution in [0.3, 0.4) is 0 Å². The second-order valence-corrected chi connectivity index (χ2v) is 9.43. The summed E-state index contributed by atoms with van der Waals surface area (Å²) < 4.78 is 0. The monoisotopic (exact) mass is 480 g/mol. The van der Waals surface area contributed by atoms with Crippen LogP contribution in [0.25, 0.3) is 0 Å². The molecule has 0 aromatic heterocycles. The summed E-state index contributed by atoms with van der Waals surface area (Å²) in [6, 6.07) is 12.8. The minimum Gasteiger partial charge on any atom is -0.352 e. The lowest BCUT2D eigenvalue weighted by atomic mass is 10.1. The van der Waals surface area contributed by atoms with Crippen LogP contribution in [0.5, 0.6) is 0 Å². The highest BCUT2D eigenvalue weighted by Gasteiger charge is 2.28. The molecule has 2 amide bonds. The van der Waals surface area contributed by atoms with Gasteiger partial charge in [0.2, 0.25) is 11.8 Å². The predicted octanol–water partition coefficient (Wildman–Crippen LogP) is 5.87. The lowest BCUT2D eigenvalue weighted by molar-refractivity contribution is -0.138. The van der Waals surface area contributed by atoms with Crippen molar-refractivity contribution in [2.75, 3.05) is 5.75 Å². The van der Waals surface area contributed by atoms with Gasteiger partial charge in [-0.3, -0.25) is 9.59 Å². The molecule has 0 saturated heterocycles. The zero-order valence-electron chi connectivity index (χ0n) is 18.5. The number of carbonyl (C=O) groups excluding carboxylic acids is 2.